The standard InChI is InChI=1S/C31H24ClF3N4O3/c1-19-5-9-21-3-2-4-27(30(21)39-19)42-18-25-24(15-36)22(10-13-26(25)32)16-37-29(41)17-38-28(40)14-8-20-6-11-23(12-7-20)31(33,34)35/h2-14H,16-18H2,1H3,(H,37,41)(H,38,40)/b14-8+. The first-order chi connectivity index (χ1) is 20.0. The van der Waals surface area contributed by atoms with E-state index in [4.69, 9.17) is 16.3 Å². The third kappa shape index (κ3) is 7.65. The smallest absolute Gasteiger partial charge is 0.416 e. The average molecular weight is 593 g/mol. The zero-order valence-corrected chi connectivity index (χ0v) is 23.0. The maximum Gasteiger partial charge on any atom is 0.416 e. The summed E-state index contributed by atoms with van der Waals surface area (Å²) >= 11 is 6.40. The van der Waals surface area contributed by atoms with Gasteiger partial charge in [-0.3, -0.25) is 9.59 Å². The van der Waals surface area contributed by atoms with Crippen molar-refractivity contribution < 1.29 is 27.5 Å². The molecule has 2 amide bonds. The van der Waals surface area contributed by atoms with E-state index in [2.05, 4.69) is 21.7 Å². The molecule has 0 aliphatic carbocycles. The first kappa shape index (κ1) is 30.1. The second-order valence-corrected chi connectivity index (χ2v) is 9.60. The highest BCUT2D eigenvalue weighted by atomic mass is 35.5. The highest BCUT2D eigenvalue weighted by Gasteiger charge is 2.29. The van der Waals surface area contributed by atoms with Gasteiger partial charge in [0.2, 0.25) is 11.8 Å². The highest BCUT2D eigenvalue weighted by molar-refractivity contribution is 6.31. The van der Waals surface area contributed by atoms with E-state index in [1.54, 1.807) is 18.2 Å². The molecule has 0 unspecified atom stereocenters. The number of aryl methyl sites for hydroxylation is 1. The van der Waals surface area contributed by atoms with Gasteiger partial charge in [0, 0.05) is 34.3 Å². The lowest BCUT2D eigenvalue weighted by atomic mass is 10.0. The second kappa shape index (κ2) is 13.2. The van der Waals surface area contributed by atoms with Crippen molar-refractivity contribution in [1.82, 2.24) is 15.6 Å². The quantitative estimate of drug-likeness (QED) is 0.228. The van der Waals surface area contributed by atoms with Crippen LogP contribution in [0.3, 0.4) is 0 Å². The summed E-state index contributed by atoms with van der Waals surface area (Å²) in [5.41, 5.74) is 2.34. The van der Waals surface area contributed by atoms with Crippen LogP contribution in [-0.2, 0) is 28.9 Å². The van der Waals surface area contributed by atoms with Crippen molar-refractivity contribution in [1.29, 1.82) is 5.26 Å². The summed E-state index contributed by atoms with van der Waals surface area (Å²) in [5, 5.41) is 16.2. The fourth-order valence-electron chi connectivity index (χ4n) is 4.02. The van der Waals surface area contributed by atoms with Crippen molar-refractivity contribution in [2.24, 2.45) is 0 Å². The molecule has 0 fully saturated rings. The average Bonchev–Trinajstić information content (AvgIpc) is 2.97. The normalized spacial score (nSPS) is 11.3. The van der Waals surface area contributed by atoms with Gasteiger partial charge >= 0.3 is 6.18 Å². The SMILES string of the molecule is Cc1ccc2cccc(OCc3c(Cl)ccc(CNC(=O)CNC(=O)/C=C/c4ccc(C(F)(F)F)cc4)c3C#N)c2n1. The first-order valence-electron chi connectivity index (χ1n) is 12.6. The molecule has 4 rings (SSSR count). The number of nitrogens with zero attached hydrogens (tertiary/aromatic N) is 2. The summed E-state index contributed by atoms with van der Waals surface area (Å²) in [4.78, 5) is 28.9. The number of benzene rings is 3. The monoisotopic (exact) mass is 592 g/mol. The van der Waals surface area contributed by atoms with Crippen LogP contribution in [0, 0.1) is 18.3 Å². The molecule has 7 nitrogen and oxygen atoms in total. The summed E-state index contributed by atoms with van der Waals surface area (Å²) in [6.07, 6.45) is -2.00. The number of para-hydroxylation sites is 1. The Morgan fingerprint density at radius 1 is 1.05 bits per heavy atom. The summed E-state index contributed by atoms with van der Waals surface area (Å²) in [6.45, 7) is 1.52. The summed E-state index contributed by atoms with van der Waals surface area (Å²) in [7, 11) is 0. The van der Waals surface area contributed by atoms with Crippen molar-refractivity contribution in [2.75, 3.05) is 6.54 Å². The Hall–Kier alpha value is -4.88. The van der Waals surface area contributed by atoms with E-state index in [1.165, 1.54) is 18.2 Å². The zero-order valence-electron chi connectivity index (χ0n) is 22.3. The third-order valence-corrected chi connectivity index (χ3v) is 6.57. The minimum atomic E-state index is -4.45. The minimum absolute atomic E-state index is 0.000424. The topological polar surface area (TPSA) is 104 Å². The molecule has 2 N–H and O–H groups in total. The summed E-state index contributed by atoms with van der Waals surface area (Å²) in [5.74, 6) is -0.579. The van der Waals surface area contributed by atoms with E-state index in [0.717, 1.165) is 29.3 Å². The second-order valence-electron chi connectivity index (χ2n) is 9.19. The van der Waals surface area contributed by atoms with Gasteiger partial charge in [0.25, 0.3) is 0 Å². The van der Waals surface area contributed by atoms with Crippen LogP contribution in [0.5, 0.6) is 5.75 Å². The highest BCUT2D eigenvalue weighted by Crippen LogP contribution is 2.30. The van der Waals surface area contributed by atoms with Gasteiger partial charge in [0.1, 0.15) is 17.9 Å². The fourth-order valence-corrected chi connectivity index (χ4v) is 4.23. The van der Waals surface area contributed by atoms with E-state index in [-0.39, 0.29) is 25.3 Å². The molecule has 0 saturated carbocycles. The fraction of sp³-hybridized carbons (Fsp3) is 0.161. The van der Waals surface area contributed by atoms with Crippen molar-refractivity contribution in [3.05, 3.63) is 111 Å². The lowest BCUT2D eigenvalue weighted by Crippen LogP contribution is -2.36. The molecule has 0 aliphatic rings. The minimum Gasteiger partial charge on any atom is -0.487 e. The number of fused-ring (bicyclic) bond motifs is 1. The zero-order chi connectivity index (χ0) is 30.3. The van der Waals surface area contributed by atoms with Crippen LogP contribution in [0.25, 0.3) is 17.0 Å². The Morgan fingerprint density at radius 3 is 2.52 bits per heavy atom. The molecule has 0 spiro atoms. The molecule has 0 aliphatic heterocycles. The number of pyridine rings is 1. The van der Waals surface area contributed by atoms with Crippen molar-refractivity contribution >= 4 is 40.4 Å². The maximum absolute atomic E-state index is 12.7. The number of hydrogen-bond donors (Lipinski definition) is 2. The Kier molecular flexibility index (Phi) is 9.45. The lowest BCUT2D eigenvalue weighted by Gasteiger charge is -2.14. The van der Waals surface area contributed by atoms with E-state index in [9.17, 15) is 28.0 Å². The molecule has 0 bridgehead atoms. The van der Waals surface area contributed by atoms with Crippen LogP contribution in [0.15, 0.2) is 72.8 Å². The molecule has 214 valence electrons. The number of nitrogens with one attached hydrogen (secondary N) is 2. The van der Waals surface area contributed by atoms with Gasteiger partial charge in [-0.25, -0.2) is 4.98 Å². The van der Waals surface area contributed by atoms with Crippen LogP contribution >= 0.6 is 11.6 Å². The number of hydrogen-bond acceptors (Lipinski definition) is 5. The lowest BCUT2D eigenvalue weighted by molar-refractivity contribution is -0.137. The molecule has 1 aromatic heterocycles. The molecule has 3 aromatic carbocycles. The van der Waals surface area contributed by atoms with E-state index in [0.29, 0.717) is 33.0 Å². The molecule has 42 heavy (non-hydrogen) atoms. The number of carbonyl (C=O) groups is 2. The maximum atomic E-state index is 12.7. The van der Waals surface area contributed by atoms with Gasteiger partial charge in [-0.15, -0.1) is 0 Å². The molecule has 11 heteroatoms. The van der Waals surface area contributed by atoms with Gasteiger partial charge in [0.05, 0.1) is 23.7 Å². The third-order valence-electron chi connectivity index (χ3n) is 6.21. The molecule has 1 heterocycles. The number of ether oxygens (including phenoxy) is 1. The van der Waals surface area contributed by atoms with Crippen LogP contribution in [0.2, 0.25) is 5.02 Å². The van der Waals surface area contributed by atoms with Gasteiger partial charge in [0.15, 0.2) is 0 Å². The molecule has 0 atom stereocenters. The Balaban J connectivity index is 1.34. The number of nitriles is 1. The Labute approximate surface area is 244 Å². The van der Waals surface area contributed by atoms with Gasteiger partial charge in [-0.1, -0.05) is 48.0 Å². The van der Waals surface area contributed by atoms with E-state index in [1.807, 2.05) is 31.2 Å². The Bertz CT molecular complexity index is 1700. The number of aromatic nitrogens is 1. The largest absolute Gasteiger partial charge is 0.487 e. The number of carbonyl (C=O) groups excluding carboxylic acids is 2. The van der Waals surface area contributed by atoms with Crippen molar-refractivity contribution in [2.45, 2.75) is 26.3 Å². The molecule has 0 saturated heterocycles. The van der Waals surface area contributed by atoms with Gasteiger partial charge in [-0.05, 0) is 54.5 Å². The predicted molar refractivity (Wildman–Crippen MR) is 152 cm³/mol. The molecular formula is C31H24ClF3N4O3. The molecule has 0 radical (unpaired) electrons. The number of amides is 2. The van der Waals surface area contributed by atoms with Gasteiger partial charge < -0.3 is 15.4 Å². The van der Waals surface area contributed by atoms with Crippen molar-refractivity contribution in [3.8, 4) is 11.8 Å². The number of rotatable bonds is 9. The van der Waals surface area contributed by atoms with Crippen LogP contribution in [-0.4, -0.2) is 23.3 Å². The summed E-state index contributed by atoms with van der Waals surface area (Å²) in [6, 6.07) is 19.1. The van der Waals surface area contributed by atoms with E-state index >= 15 is 0 Å². The predicted octanol–water partition coefficient (Wildman–Crippen LogP) is 6.11. The molecule has 4 aromatic rings. The van der Waals surface area contributed by atoms with Gasteiger partial charge in [-0.2, -0.15) is 18.4 Å². The van der Waals surface area contributed by atoms with Crippen LogP contribution in [0.1, 0.15) is 33.5 Å². The summed E-state index contributed by atoms with van der Waals surface area (Å²) < 4.78 is 44.0. The van der Waals surface area contributed by atoms with Crippen molar-refractivity contribution in [3.63, 3.8) is 0 Å². The number of halogens is 4. The Morgan fingerprint density at radius 2 is 1.81 bits per heavy atom. The molecular weight excluding hydrogens is 569 g/mol. The van der Waals surface area contributed by atoms with Crippen LogP contribution in [0.4, 0.5) is 13.2 Å². The number of alkyl halides is 3. The van der Waals surface area contributed by atoms with Crippen LogP contribution < -0.4 is 15.4 Å². The van der Waals surface area contributed by atoms with E-state index < -0.39 is 23.6 Å². The first-order valence-corrected chi connectivity index (χ1v) is 13.0.